The van der Waals surface area contributed by atoms with E-state index in [9.17, 15) is 4.79 Å². The number of hydrogen-bond acceptors (Lipinski definition) is 3. The number of nitrogens with zero attached hydrogens (tertiary/aromatic N) is 2. The lowest BCUT2D eigenvalue weighted by molar-refractivity contribution is 0.0712. The molecule has 0 unspecified atom stereocenters. The maximum Gasteiger partial charge on any atom is 0.254 e. The van der Waals surface area contributed by atoms with Crippen molar-refractivity contribution >= 4 is 16.7 Å². The molecule has 144 valence electrons. The lowest BCUT2D eigenvalue weighted by atomic mass is 9.95. The van der Waals surface area contributed by atoms with Gasteiger partial charge in [0.1, 0.15) is 0 Å². The predicted octanol–water partition coefficient (Wildman–Crippen LogP) is 4.66. The quantitative estimate of drug-likeness (QED) is 0.655. The maximum absolute atomic E-state index is 13.6. The molecule has 5 rings (SSSR count). The van der Waals surface area contributed by atoms with Gasteiger partial charge in [-0.3, -0.25) is 4.79 Å². The normalized spacial score (nSPS) is 23.0. The Labute approximate surface area is 165 Å². The molecule has 28 heavy (non-hydrogen) atoms. The molecule has 0 aliphatic carbocycles. The van der Waals surface area contributed by atoms with Gasteiger partial charge in [-0.2, -0.15) is 0 Å². The molecule has 2 atom stereocenters. The van der Waals surface area contributed by atoms with Crippen LogP contribution < -0.4 is 0 Å². The van der Waals surface area contributed by atoms with Gasteiger partial charge in [0.2, 0.25) is 0 Å². The van der Waals surface area contributed by atoms with E-state index >= 15 is 0 Å². The summed E-state index contributed by atoms with van der Waals surface area (Å²) in [5.41, 5.74) is 2.96. The zero-order valence-electron chi connectivity index (χ0n) is 16.3. The fourth-order valence-corrected chi connectivity index (χ4v) is 5.03. The molecule has 1 amide bonds. The summed E-state index contributed by atoms with van der Waals surface area (Å²) in [6, 6.07) is 14.7. The highest BCUT2D eigenvalue weighted by Gasteiger charge is 2.33. The van der Waals surface area contributed by atoms with Crippen LogP contribution in [0.2, 0.25) is 0 Å². The number of likely N-dealkylation sites (N-methyl/N-ethyl adjacent to an activating group) is 1. The summed E-state index contributed by atoms with van der Waals surface area (Å²) >= 11 is 0. The van der Waals surface area contributed by atoms with Crippen molar-refractivity contribution < 1.29 is 9.21 Å². The topological polar surface area (TPSA) is 36.7 Å². The molecular formula is C24H26N2O2. The minimum atomic E-state index is 0.169. The summed E-state index contributed by atoms with van der Waals surface area (Å²) in [4.78, 5) is 18.2. The number of furan rings is 1. The number of hydrogen-bond donors (Lipinski definition) is 0. The van der Waals surface area contributed by atoms with E-state index in [0.29, 0.717) is 12.0 Å². The van der Waals surface area contributed by atoms with Crippen molar-refractivity contribution in [2.45, 2.75) is 25.3 Å². The standard InChI is InChI=1S/C24H26N2O2/c1-25-13-17-5-2-6-19(25)15-26(14-17)24(27)23-10-4-8-21-20(7-3-9-22(21)23)18-11-12-28-16-18/h3-4,7-12,16-17,19H,2,5-6,13-15H2,1H3/t17-,19-/m0/s1. The minimum Gasteiger partial charge on any atom is -0.472 e. The molecule has 0 N–H and O–H groups in total. The van der Waals surface area contributed by atoms with Crippen LogP contribution in [-0.2, 0) is 0 Å². The van der Waals surface area contributed by atoms with Gasteiger partial charge in [-0.1, -0.05) is 36.8 Å². The molecule has 2 aromatic carbocycles. The summed E-state index contributed by atoms with van der Waals surface area (Å²) in [6.45, 7) is 2.82. The van der Waals surface area contributed by atoms with Gasteiger partial charge < -0.3 is 14.2 Å². The van der Waals surface area contributed by atoms with Crippen LogP contribution in [0.3, 0.4) is 0 Å². The van der Waals surface area contributed by atoms with Crippen LogP contribution in [0.4, 0.5) is 0 Å². The van der Waals surface area contributed by atoms with Crippen LogP contribution >= 0.6 is 0 Å². The molecule has 2 aliphatic rings. The van der Waals surface area contributed by atoms with Crippen molar-refractivity contribution in [2.24, 2.45) is 5.92 Å². The lowest BCUT2D eigenvalue weighted by Crippen LogP contribution is -2.42. The Morgan fingerprint density at radius 2 is 1.86 bits per heavy atom. The number of benzene rings is 2. The Kier molecular flexibility index (Phi) is 4.44. The third-order valence-electron chi connectivity index (χ3n) is 6.50. The molecule has 4 heteroatoms. The first kappa shape index (κ1) is 17.5. The second kappa shape index (κ2) is 7.10. The van der Waals surface area contributed by atoms with Gasteiger partial charge in [0, 0.05) is 36.8 Å². The van der Waals surface area contributed by atoms with Gasteiger partial charge in [0.05, 0.1) is 12.5 Å². The average molecular weight is 374 g/mol. The lowest BCUT2D eigenvalue weighted by Gasteiger charge is -2.30. The fraction of sp³-hybridized carbons (Fsp3) is 0.375. The smallest absolute Gasteiger partial charge is 0.254 e. The Hall–Kier alpha value is -2.59. The van der Waals surface area contributed by atoms with E-state index in [2.05, 4.69) is 35.0 Å². The van der Waals surface area contributed by atoms with Crippen molar-refractivity contribution in [2.75, 3.05) is 26.7 Å². The molecule has 2 aliphatic heterocycles. The third-order valence-corrected chi connectivity index (χ3v) is 6.50. The summed E-state index contributed by atoms with van der Waals surface area (Å²) in [5.74, 6) is 0.750. The van der Waals surface area contributed by atoms with E-state index in [0.717, 1.165) is 47.1 Å². The van der Waals surface area contributed by atoms with Gasteiger partial charge >= 0.3 is 0 Å². The minimum absolute atomic E-state index is 0.169. The molecule has 0 saturated carbocycles. The fourth-order valence-electron chi connectivity index (χ4n) is 5.03. The first-order valence-electron chi connectivity index (χ1n) is 10.2. The van der Waals surface area contributed by atoms with Gasteiger partial charge in [-0.05, 0) is 54.3 Å². The monoisotopic (exact) mass is 374 g/mol. The Morgan fingerprint density at radius 3 is 2.71 bits per heavy atom. The second-order valence-electron chi connectivity index (χ2n) is 8.32. The number of carbonyl (C=O) groups excluding carboxylic acids is 1. The highest BCUT2D eigenvalue weighted by molar-refractivity contribution is 6.10. The number of fused-ring (bicyclic) bond motifs is 4. The molecule has 2 bridgehead atoms. The van der Waals surface area contributed by atoms with Crippen LogP contribution in [0.15, 0.2) is 59.4 Å². The molecule has 3 aromatic rings. The molecule has 0 radical (unpaired) electrons. The van der Waals surface area contributed by atoms with Crippen molar-refractivity contribution in [1.29, 1.82) is 0 Å². The number of amides is 1. The van der Waals surface area contributed by atoms with E-state index in [1.54, 1.807) is 12.5 Å². The van der Waals surface area contributed by atoms with Crippen molar-refractivity contribution in [3.8, 4) is 11.1 Å². The summed E-state index contributed by atoms with van der Waals surface area (Å²) in [7, 11) is 2.21. The van der Waals surface area contributed by atoms with Crippen molar-refractivity contribution in [3.63, 3.8) is 0 Å². The van der Waals surface area contributed by atoms with Crippen molar-refractivity contribution in [1.82, 2.24) is 9.80 Å². The van der Waals surface area contributed by atoms with E-state index in [4.69, 9.17) is 4.42 Å². The van der Waals surface area contributed by atoms with Gasteiger partial charge in [0.15, 0.2) is 0 Å². The molecule has 3 heterocycles. The molecule has 2 saturated heterocycles. The predicted molar refractivity (Wildman–Crippen MR) is 111 cm³/mol. The van der Waals surface area contributed by atoms with Crippen LogP contribution in [0.5, 0.6) is 0 Å². The summed E-state index contributed by atoms with van der Waals surface area (Å²) < 4.78 is 5.28. The highest BCUT2D eigenvalue weighted by atomic mass is 16.3. The third kappa shape index (κ3) is 3.02. The summed E-state index contributed by atoms with van der Waals surface area (Å²) in [6.07, 6.45) is 7.15. The molecule has 2 fully saturated rings. The molecular weight excluding hydrogens is 348 g/mol. The van der Waals surface area contributed by atoms with Crippen LogP contribution in [0.25, 0.3) is 21.9 Å². The molecule has 1 aromatic heterocycles. The molecule has 4 nitrogen and oxygen atoms in total. The first-order chi connectivity index (χ1) is 13.7. The van der Waals surface area contributed by atoms with E-state index in [1.807, 2.05) is 24.3 Å². The summed E-state index contributed by atoms with van der Waals surface area (Å²) in [5, 5.41) is 2.12. The Balaban J connectivity index is 1.54. The zero-order valence-corrected chi connectivity index (χ0v) is 16.3. The average Bonchev–Trinajstić information content (AvgIpc) is 3.11. The van der Waals surface area contributed by atoms with Crippen LogP contribution in [0, 0.1) is 5.92 Å². The van der Waals surface area contributed by atoms with Crippen LogP contribution in [-0.4, -0.2) is 48.4 Å². The Bertz CT molecular complexity index is 995. The Morgan fingerprint density at radius 1 is 1.00 bits per heavy atom. The van der Waals surface area contributed by atoms with Crippen LogP contribution in [0.1, 0.15) is 29.6 Å². The number of carbonyl (C=O) groups is 1. The maximum atomic E-state index is 13.6. The van der Waals surface area contributed by atoms with Gasteiger partial charge in [0.25, 0.3) is 5.91 Å². The number of rotatable bonds is 2. The van der Waals surface area contributed by atoms with E-state index in [-0.39, 0.29) is 5.91 Å². The first-order valence-corrected chi connectivity index (χ1v) is 10.2. The molecule has 0 spiro atoms. The number of likely N-dealkylation sites (tertiary alicyclic amines) is 1. The van der Waals surface area contributed by atoms with E-state index < -0.39 is 0 Å². The second-order valence-corrected chi connectivity index (χ2v) is 8.32. The van der Waals surface area contributed by atoms with Gasteiger partial charge in [-0.15, -0.1) is 0 Å². The zero-order chi connectivity index (χ0) is 19.1. The SMILES string of the molecule is CN1C[C@@H]2CCC[C@H]1CN(C(=O)c1cccc3c(-c4ccoc4)cccc13)C2. The van der Waals surface area contributed by atoms with Crippen molar-refractivity contribution in [3.05, 3.63) is 60.6 Å². The highest BCUT2D eigenvalue weighted by Crippen LogP contribution is 2.32. The largest absolute Gasteiger partial charge is 0.472 e. The van der Waals surface area contributed by atoms with Gasteiger partial charge in [-0.25, -0.2) is 0 Å². The van der Waals surface area contributed by atoms with E-state index in [1.165, 1.54) is 19.3 Å².